The number of carbonyl (C=O) groups excluding carboxylic acids is 5. The molecular weight excluding hydrogens is 1870 g/mol. The van der Waals surface area contributed by atoms with Crippen molar-refractivity contribution in [2.75, 3.05) is 52.9 Å². The van der Waals surface area contributed by atoms with Gasteiger partial charge in [-0.25, -0.2) is 0 Å². The first-order chi connectivity index (χ1) is 58.8. The molecule has 0 N–H and O–H groups in total. The number of halogens is 4. The summed E-state index contributed by atoms with van der Waals surface area (Å²) in [5.74, 6) is 1.36. The molecule has 0 aromatic heterocycles. The zero-order valence-corrected chi connectivity index (χ0v) is 79.0. The van der Waals surface area contributed by atoms with E-state index in [1.54, 1.807) is 48.5 Å². The summed E-state index contributed by atoms with van der Waals surface area (Å²) in [7, 11) is -0.741. The van der Waals surface area contributed by atoms with Crippen LogP contribution < -0.4 is 18.9 Å². The zero-order valence-electron chi connectivity index (χ0n) is 69.4. The van der Waals surface area contributed by atoms with Gasteiger partial charge in [-0.3, -0.25) is 24.0 Å². The first-order valence-corrected chi connectivity index (χ1v) is 47.9. The Bertz CT molecular complexity index is 4910. The van der Waals surface area contributed by atoms with Gasteiger partial charge in [-0.2, -0.15) is 0 Å². The normalized spacial score (nSPS) is 11.7. The summed E-state index contributed by atoms with van der Waals surface area (Å²) in [6.45, 7) is 16.0. The highest BCUT2D eigenvalue weighted by Crippen LogP contribution is 2.37. The van der Waals surface area contributed by atoms with E-state index in [2.05, 4.69) is 306 Å². The van der Waals surface area contributed by atoms with Crippen LogP contribution in [0.3, 0.4) is 0 Å². The molecule has 0 bridgehead atoms. The fraction of sp³-hybridized carbons (Fsp3) is 0.230. The van der Waals surface area contributed by atoms with Gasteiger partial charge in [-0.15, -0.1) is 0 Å². The molecule has 0 fully saturated rings. The summed E-state index contributed by atoms with van der Waals surface area (Å²) in [6.07, 6.45) is 0.522. The average molecular weight is 1980 g/mol. The number of benzene rings is 12. The number of rotatable bonds is 36. The molecule has 634 valence electrons. The Morgan fingerprint density at radius 3 is 0.803 bits per heavy atom. The van der Waals surface area contributed by atoms with E-state index >= 15 is 0 Å². The van der Waals surface area contributed by atoms with E-state index in [0.29, 0.717) is 32.0 Å². The molecule has 0 heterocycles. The van der Waals surface area contributed by atoms with Crippen LogP contribution >= 0.6 is 63.7 Å². The van der Waals surface area contributed by atoms with E-state index in [1.165, 1.54) is 58.7 Å². The van der Waals surface area contributed by atoms with Gasteiger partial charge >= 0.3 is 29.8 Å². The third kappa shape index (κ3) is 32.6. The highest BCUT2D eigenvalue weighted by molar-refractivity contribution is 9.10. The fourth-order valence-corrected chi connectivity index (χ4v) is 20.0. The highest BCUT2D eigenvalue weighted by Gasteiger charge is 2.34. The Morgan fingerprint density at radius 2 is 0.516 bits per heavy atom. The standard InChI is InChI=1S/C26H26BrO5S.2C25H26BrO3S.C24H24BrO3S/c1-20(27)26(29)32-19-18-31-25(28)16-17-30-21-12-14-24(15-13-21)33(22-8-4-2-5-9-22)23-10-6-3-7-11-23;1-19(18-28-24(27)25(2,3)26)29-20-14-16-23(17-15-20)30(21-10-6-4-7-11-21)22-12-8-5-9-13-22;1-25(2,26)24(27)29-19-9-18-28-20-14-16-23(17-15-20)30(21-10-5-3-6-11-21)22-12-7-4-8-13-22;1-24(2,25)23(26)28-18-17-27-19-13-15-22(16-14-19)29(20-9-5-3-6-10-20)21-11-7-4-8-12-21/h2-15,20H,16-19H2,1H3;4-17,19H,18H2,1-3H3;3-8,10-17H,9,18-19H2,1-2H3;3-16H,17-18H2,1-2H3/q4*+1. The molecule has 12 aromatic rings. The molecule has 0 radical (unpaired) electrons. The Morgan fingerprint density at radius 1 is 0.279 bits per heavy atom. The lowest BCUT2D eigenvalue weighted by molar-refractivity contribution is -0.152. The van der Waals surface area contributed by atoms with E-state index in [0.717, 1.165) is 17.2 Å². The average Bonchev–Trinajstić information content (AvgIpc) is 0.826. The van der Waals surface area contributed by atoms with Crippen LogP contribution in [0.5, 0.6) is 23.0 Å². The van der Waals surface area contributed by atoms with Crippen molar-refractivity contribution >= 4 is 137 Å². The second-order valence-corrected chi connectivity index (χ2v) is 43.9. The molecule has 122 heavy (non-hydrogen) atoms. The summed E-state index contributed by atoms with van der Waals surface area (Å²) >= 11 is 13.0. The molecule has 0 saturated heterocycles. The van der Waals surface area contributed by atoms with Crippen molar-refractivity contribution in [3.8, 4) is 23.0 Å². The Labute approximate surface area is 763 Å². The molecule has 0 aliphatic carbocycles. The van der Waals surface area contributed by atoms with Crippen LogP contribution in [-0.2, 0) is 91.2 Å². The first kappa shape index (κ1) is 96.3. The molecule has 2 unspecified atom stereocenters. The smallest absolute Gasteiger partial charge is 0.322 e. The van der Waals surface area contributed by atoms with Gasteiger partial charge in [0.15, 0.2) is 58.7 Å². The molecule has 22 heteroatoms. The topological polar surface area (TPSA) is 168 Å². The predicted molar refractivity (Wildman–Crippen MR) is 504 cm³/mol. The summed E-state index contributed by atoms with van der Waals surface area (Å²) in [5, 5.41) is 0. The van der Waals surface area contributed by atoms with Gasteiger partial charge in [0, 0.05) is 6.42 Å². The Balaban J connectivity index is 0.000000185. The number of hydrogen-bond acceptors (Lipinski definition) is 14. The molecule has 0 aliphatic rings. The lowest BCUT2D eigenvalue weighted by Crippen LogP contribution is -2.30. The minimum Gasteiger partial charge on any atom is -0.493 e. The quantitative estimate of drug-likeness (QED) is 0.0120. The number of alkyl halides is 4. The van der Waals surface area contributed by atoms with Crippen molar-refractivity contribution in [3.05, 3.63) is 340 Å². The van der Waals surface area contributed by atoms with E-state index < -0.39 is 18.9 Å². The van der Waals surface area contributed by atoms with Crippen molar-refractivity contribution in [1.82, 2.24) is 0 Å². The summed E-state index contributed by atoms with van der Waals surface area (Å²) in [4.78, 5) is 73.1. The van der Waals surface area contributed by atoms with Crippen molar-refractivity contribution in [2.24, 2.45) is 0 Å². The third-order valence-electron chi connectivity index (χ3n) is 17.2. The summed E-state index contributed by atoms with van der Waals surface area (Å²) in [6, 6.07) is 117. The largest absolute Gasteiger partial charge is 0.493 e. The van der Waals surface area contributed by atoms with Gasteiger partial charge in [-0.05, 0) is 250 Å². The number of hydrogen-bond donors (Lipinski definition) is 0. The van der Waals surface area contributed by atoms with Crippen molar-refractivity contribution < 1.29 is 66.6 Å². The lowest BCUT2D eigenvalue weighted by atomic mass is 10.2. The SMILES string of the molecule is CC(Br)C(=O)OCCOC(=O)CCOc1ccc([S+](c2ccccc2)c2ccccc2)cc1.CC(C)(Br)C(=O)OCCCOc1ccc([S+](c2ccccc2)c2ccccc2)cc1.CC(C)(Br)C(=O)OCCOc1ccc([S+](c2ccccc2)c2ccccc2)cc1.CC(COC(=O)C(C)(C)Br)Oc1ccc([S+](c2ccccc2)c2ccccc2)cc1. The monoisotopic (exact) mass is 1970 g/mol. The van der Waals surface area contributed by atoms with Crippen LogP contribution in [0.2, 0.25) is 0 Å². The second-order valence-electron chi connectivity index (χ2n) is 28.5. The van der Waals surface area contributed by atoms with Crippen LogP contribution in [0, 0.1) is 0 Å². The highest BCUT2D eigenvalue weighted by atomic mass is 79.9. The molecule has 0 amide bonds. The van der Waals surface area contributed by atoms with Gasteiger partial charge in [-0.1, -0.05) is 209 Å². The fourth-order valence-electron chi connectivity index (χ4n) is 11.2. The van der Waals surface area contributed by atoms with Crippen LogP contribution in [0.1, 0.15) is 68.2 Å². The predicted octanol–water partition coefficient (Wildman–Crippen LogP) is 23.8. The van der Waals surface area contributed by atoms with E-state index in [1.807, 2.05) is 104 Å². The molecular formula is C100H102Br4O14S4+4. The molecule has 0 aliphatic heterocycles. The molecule has 0 spiro atoms. The number of carbonyl (C=O) groups is 5. The van der Waals surface area contributed by atoms with Crippen LogP contribution in [0.4, 0.5) is 0 Å². The van der Waals surface area contributed by atoms with Crippen molar-refractivity contribution in [3.63, 3.8) is 0 Å². The Hall–Kier alpha value is -9.49. The number of ether oxygens (including phenoxy) is 9. The van der Waals surface area contributed by atoms with E-state index in [9.17, 15) is 24.0 Å². The van der Waals surface area contributed by atoms with Crippen LogP contribution in [0.25, 0.3) is 0 Å². The molecule has 12 rings (SSSR count). The van der Waals surface area contributed by atoms with Gasteiger partial charge in [0.1, 0.15) is 79.9 Å². The Kier molecular flexibility index (Phi) is 39.7. The minimum atomic E-state index is -0.695. The number of esters is 5. The van der Waals surface area contributed by atoms with Gasteiger partial charge < -0.3 is 42.6 Å². The van der Waals surface area contributed by atoms with Crippen LogP contribution in [0.15, 0.2) is 398 Å². The van der Waals surface area contributed by atoms with Gasteiger partial charge in [0.05, 0.1) is 69.8 Å². The second kappa shape index (κ2) is 50.3. The molecule has 14 nitrogen and oxygen atoms in total. The lowest BCUT2D eigenvalue weighted by Gasteiger charge is -2.19. The first-order valence-electron chi connectivity index (χ1n) is 39.7. The van der Waals surface area contributed by atoms with Crippen molar-refractivity contribution in [2.45, 2.75) is 151 Å². The van der Waals surface area contributed by atoms with E-state index in [4.69, 9.17) is 42.6 Å². The zero-order chi connectivity index (χ0) is 87.1. The summed E-state index contributed by atoms with van der Waals surface area (Å²) in [5.41, 5.74) is 0. The minimum absolute atomic E-state index is 0.0281. The maximum Gasteiger partial charge on any atom is 0.322 e. The maximum atomic E-state index is 11.9. The van der Waals surface area contributed by atoms with Gasteiger partial charge in [0.2, 0.25) is 0 Å². The molecule has 2 atom stereocenters. The molecule has 12 aromatic carbocycles. The van der Waals surface area contributed by atoms with Crippen LogP contribution in [-0.4, -0.2) is 107 Å². The van der Waals surface area contributed by atoms with E-state index in [-0.39, 0.29) is 118 Å². The van der Waals surface area contributed by atoms with Crippen molar-refractivity contribution in [1.29, 1.82) is 0 Å². The third-order valence-corrected chi connectivity index (χ3v) is 27.4. The van der Waals surface area contributed by atoms with Gasteiger partial charge in [0.25, 0.3) is 0 Å². The summed E-state index contributed by atoms with van der Waals surface area (Å²) < 4.78 is 46.9. The maximum absolute atomic E-state index is 11.9. The molecule has 0 saturated carbocycles.